The van der Waals surface area contributed by atoms with E-state index < -0.39 is 6.36 Å². The second-order valence-electron chi connectivity index (χ2n) is 5.85. The van der Waals surface area contributed by atoms with Crippen LogP contribution in [0.3, 0.4) is 0 Å². The summed E-state index contributed by atoms with van der Waals surface area (Å²) in [5, 5.41) is 2.71. The largest absolute Gasteiger partial charge is 0.573 e. The third-order valence-electron chi connectivity index (χ3n) is 3.74. The Balaban J connectivity index is 1.48. The number of fused-ring (bicyclic) bond motifs is 1. The van der Waals surface area contributed by atoms with E-state index in [0.29, 0.717) is 18.7 Å². The summed E-state index contributed by atoms with van der Waals surface area (Å²) >= 11 is 0. The van der Waals surface area contributed by atoms with Crippen molar-refractivity contribution >= 4 is 23.0 Å². The Bertz CT molecular complexity index is 986. The number of rotatable bonds is 6. The number of para-hydroxylation sites is 2. The number of nitrogens with zero attached hydrogens (tertiary/aromatic N) is 2. The number of ether oxygens (including phenoxy) is 1. The number of amides is 1. The van der Waals surface area contributed by atoms with Gasteiger partial charge in [0.25, 0.3) is 0 Å². The van der Waals surface area contributed by atoms with Crippen LogP contribution in [0, 0.1) is 0 Å². The molecular formula is C20H16F3N3O2. The van der Waals surface area contributed by atoms with Crippen molar-refractivity contribution in [1.82, 2.24) is 15.3 Å². The van der Waals surface area contributed by atoms with Gasteiger partial charge < -0.3 is 10.1 Å². The maximum Gasteiger partial charge on any atom is 0.573 e. The quantitative estimate of drug-likeness (QED) is 0.652. The highest BCUT2D eigenvalue weighted by atomic mass is 19.4. The first-order chi connectivity index (χ1) is 13.4. The molecule has 0 aliphatic heterocycles. The first-order valence-corrected chi connectivity index (χ1v) is 8.41. The van der Waals surface area contributed by atoms with E-state index in [1.807, 2.05) is 24.3 Å². The zero-order valence-electron chi connectivity index (χ0n) is 14.6. The lowest BCUT2D eigenvalue weighted by Crippen LogP contribution is -2.23. The monoisotopic (exact) mass is 387 g/mol. The van der Waals surface area contributed by atoms with Gasteiger partial charge in [0.15, 0.2) is 0 Å². The fraction of sp³-hybridized carbons (Fsp3) is 0.150. The number of hydrogen-bond donors (Lipinski definition) is 1. The number of alkyl halides is 3. The first-order valence-electron chi connectivity index (χ1n) is 8.41. The molecule has 0 saturated carbocycles. The van der Waals surface area contributed by atoms with Gasteiger partial charge in [0.2, 0.25) is 5.91 Å². The van der Waals surface area contributed by atoms with Crippen LogP contribution in [0.1, 0.15) is 11.3 Å². The maximum absolute atomic E-state index is 12.1. The molecule has 5 nitrogen and oxygen atoms in total. The first kappa shape index (κ1) is 19.3. The van der Waals surface area contributed by atoms with Crippen LogP contribution < -0.4 is 10.1 Å². The molecule has 0 spiro atoms. The summed E-state index contributed by atoms with van der Waals surface area (Å²) in [4.78, 5) is 20.5. The van der Waals surface area contributed by atoms with E-state index in [4.69, 9.17) is 0 Å². The molecule has 0 saturated heterocycles. The molecule has 0 radical (unpaired) electrons. The fourth-order valence-corrected chi connectivity index (χ4v) is 2.46. The molecule has 8 heteroatoms. The Kier molecular flexibility index (Phi) is 5.88. The van der Waals surface area contributed by atoms with Crippen LogP contribution in [0.25, 0.3) is 17.1 Å². The van der Waals surface area contributed by atoms with Crippen LogP contribution in [0.5, 0.6) is 5.75 Å². The molecule has 3 aromatic rings. The third kappa shape index (κ3) is 5.80. The summed E-state index contributed by atoms with van der Waals surface area (Å²) in [6, 6.07) is 12.9. The van der Waals surface area contributed by atoms with Gasteiger partial charge in [-0.05, 0) is 42.3 Å². The predicted octanol–water partition coefficient (Wildman–Crippen LogP) is 3.90. The molecule has 1 N–H and O–H groups in total. The minimum absolute atomic E-state index is 0.278. The van der Waals surface area contributed by atoms with E-state index >= 15 is 0 Å². The molecule has 1 aromatic heterocycles. The lowest BCUT2D eigenvalue weighted by atomic mass is 10.1. The highest BCUT2D eigenvalue weighted by Gasteiger charge is 2.30. The lowest BCUT2D eigenvalue weighted by molar-refractivity contribution is -0.274. The van der Waals surface area contributed by atoms with Gasteiger partial charge in [-0.3, -0.25) is 9.78 Å². The molecule has 3 rings (SSSR count). The molecule has 0 bridgehead atoms. The van der Waals surface area contributed by atoms with Crippen molar-refractivity contribution in [2.24, 2.45) is 0 Å². The summed E-state index contributed by atoms with van der Waals surface area (Å²) in [6.07, 6.45) is 0.271. The molecule has 0 unspecified atom stereocenters. The summed E-state index contributed by atoms with van der Waals surface area (Å²) in [6.45, 7) is 0.339. The van der Waals surface area contributed by atoms with Crippen molar-refractivity contribution in [1.29, 1.82) is 0 Å². The summed E-state index contributed by atoms with van der Waals surface area (Å²) < 4.78 is 40.2. The van der Waals surface area contributed by atoms with E-state index in [9.17, 15) is 18.0 Å². The molecule has 2 aromatic carbocycles. The Hall–Kier alpha value is -3.42. The molecular weight excluding hydrogens is 371 g/mol. The lowest BCUT2D eigenvalue weighted by Gasteiger charge is -2.09. The van der Waals surface area contributed by atoms with E-state index in [-0.39, 0.29) is 11.7 Å². The number of nitrogens with one attached hydrogen (secondary N) is 1. The molecule has 1 heterocycles. The summed E-state index contributed by atoms with van der Waals surface area (Å²) in [5.74, 6) is -0.577. The van der Waals surface area contributed by atoms with Crippen LogP contribution in [0.4, 0.5) is 13.2 Å². The van der Waals surface area contributed by atoms with Gasteiger partial charge in [-0.2, -0.15) is 0 Å². The van der Waals surface area contributed by atoms with Gasteiger partial charge in [0.1, 0.15) is 5.75 Å². The normalized spacial score (nSPS) is 11.7. The minimum Gasteiger partial charge on any atom is -0.406 e. The number of halogens is 3. The Labute approximate surface area is 158 Å². The topological polar surface area (TPSA) is 64.1 Å². The number of benzene rings is 2. The van der Waals surface area contributed by atoms with Gasteiger partial charge in [0.05, 0.1) is 22.9 Å². The Morgan fingerprint density at radius 1 is 1.07 bits per heavy atom. The average Bonchev–Trinajstić information content (AvgIpc) is 2.66. The molecule has 0 aliphatic rings. The van der Waals surface area contributed by atoms with Gasteiger partial charge in [-0.25, -0.2) is 4.98 Å². The van der Waals surface area contributed by atoms with Crippen LogP contribution in [-0.2, 0) is 11.2 Å². The van der Waals surface area contributed by atoms with Crippen LogP contribution >= 0.6 is 0 Å². The maximum atomic E-state index is 12.1. The molecule has 0 atom stereocenters. The minimum atomic E-state index is -4.71. The van der Waals surface area contributed by atoms with Gasteiger partial charge in [-0.15, -0.1) is 13.2 Å². The predicted molar refractivity (Wildman–Crippen MR) is 98.4 cm³/mol. The number of carbonyl (C=O) groups excluding carboxylic acids is 1. The highest BCUT2D eigenvalue weighted by Crippen LogP contribution is 2.22. The number of hydrogen-bond acceptors (Lipinski definition) is 4. The highest BCUT2D eigenvalue weighted by molar-refractivity contribution is 5.91. The molecule has 1 amide bonds. The zero-order valence-corrected chi connectivity index (χ0v) is 14.6. The third-order valence-corrected chi connectivity index (χ3v) is 3.74. The van der Waals surface area contributed by atoms with Crippen molar-refractivity contribution in [3.63, 3.8) is 0 Å². The summed E-state index contributed by atoms with van der Waals surface area (Å²) in [5.41, 5.74) is 2.85. The van der Waals surface area contributed by atoms with E-state index in [1.165, 1.54) is 30.3 Å². The van der Waals surface area contributed by atoms with Crippen LogP contribution in [0.15, 0.2) is 60.8 Å². The Morgan fingerprint density at radius 2 is 1.79 bits per heavy atom. The number of carbonyl (C=O) groups is 1. The van der Waals surface area contributed by atoms with Gasteiger partial charge >= 0.3 is 6.36 Å². The molecule has 28 heavy (non-hydrogen) atoms. The SMILES string of the molecule is O=C(C=Cc1cnc2ccccc2n1)NCCc1ccc(OC(F)(F)F)cc1. The molecule has 144 valence electrons. The number of aromatic nitrogens is 2. The smallest absolute Gasteiger partial charge is 0.406 e. The van der Waals surface area contributed by atoms with Crippen molar-refractivity contribution < 1.29 is 22.7 Å². The van der Waals surface area contributed by atoms with Crippen LogP contribution in [-0.4, -0.2) is 28.8 Å². The molecule has 0 fully saturated rings. The van der Waals surface area contributed by atoms with Gasteiger partial charge in [-0.1, -0.05) is 24.3 Å². The van der Waals surface area contributed by atoms with E-state index in [0.717, 1.165) is 16.6 Å². The average molecular weight is 387 g/mol. The van der Waals surface area contributed by atoms with Crippen LogP contribution in [0.2, 0.25) is 0 Å². The second kappa shape index (κ2) is 8.51. The summed E-state index contributed by atoms with van der Waals surface area (Å²) in [7, 11) is 0. The standard InChI is InChI=1S/C20H16F3N3O2/c21-20(22,23)28-16-8-5-14(6-9-16)11-12-24-19(27)10-7-15-13-25-17-3-1-2-4-18(17)26-15/h1-10,13H,11-12H2,(H,24,27). The van der Waals surface area contributed by atoms with Crippen molar-refractivity contribution in [3.05, 3.63) is 72.1 Å². The molecule has 0 aliphatic carbocycles. The second-order valence-corrected chi connectivity index (χ2v) is 5.85. The Morgan fingerprint density at radius 3 is 2.50 bits per heavy atom. The van der Waals surface area contributed by atoms with E-state index in [1.54, 1.807) is 12.3 Å². The zero-order chi connectivity index (χ0) is 20.0. The van der Waals surface area contributed by atoms with Crippen molar-refractivity contribution in [2.75, 3.05) is 6.54 Å². The van der Waals surface area contributed by atoms with Crippen molar-refractivity contribution in [2.45, 2.75) is 12.8 Å². The van der Waals surface area contributed by atoms with Gasteiger partial charge in [0, 0.05) is 12.6 Å². The van der Waals surface area contributed by atoms with Crippen molar-refractivity contribution in [3.8, 4) is 5.75 Å². The fourth-order valence-electron chi connectivity index (χ4n) is 2.46. The van der Waals surface area contributed by atoms with E-state index in [2.05, 4.69) is 20.0 Å².